The number of amides is 1. The molecule has 1 aliphatic rings. The van der Waals surface area contributed by atoms with Crippen LogP contribution in [0.15, 0.2) is 53.4 Å². The Balaban J connectivity index is 1.72. The molecule has 2 N–H and O–H groups in total. The van der Waals surface area contributed by atoms with Crippen LogP contribution < -0.4 is 10.0 Å². The van der Waals surface area contributed by atoms with Crippen LogP contribution in [0, 0.1) is 0 Å². The number of fused-ring (bicyclic) bond motifs is 1. The number of alkyl halides is 3. The van der Waals surface area contributed by atoms with Gasteiger partial charge in [0, 0.05) is 11.6 Å². The van der Waals surface area contributed by atoms with E-state index < -0.39 is 28.7 Å². The van der Waals surface area contributed by atoms with Crippen molar-refractivity contribution in [2.75, 3.05) is 6.54 Å². The summed E-state index contributed by atoms with van der Waals surface area (Å²) in [5.41, 5.74) is 2.00. The van der Waals surface area contributed by atoms with Crippen LogP contribution in [0.3, 0.4) is 0 Å². The number of carbonyl (C=O) groups is 1. The maximum absolute atomic E-state index is 12.7. The van der Waals surface area contributed by atoms with E-state index in [0.29, 0.717) is 6.42 Å². The Morgan fingerprint density at radius 3 is 2.43 bits per heavy atom. The van der Waals surface area contributed by atoms with Crippen LogP contribution in [0.4, 0.5) is 13.2 Å². The second-order valence-electron chi connectivity index (χ2n) is 6.59. The molecule has 0 fully saturated rings. The Bertz CT molecular complexity index is 957. The summed E-state index contributed by atoms with van der Waals surface area (Å²) >= 11 is 0. The molecule has 5 nitrogen and oxygen atoms in total. The van der Waals surface area contributed by atoms with E-state index >= 15 is 0 Å². The Kier molecular flexibility index (Phi) is 5.76. The molecule has 28 heavy (non-hydrogen) atoms. The fourth-order valence-corrected chi connectivity index (χ4v) is 4.45. The standard InChI is InChI=1S/C19H19F3N2O3S/c20-19(21,22)12-23-18(25)14-8-10-15(11-9-14)28(26,27)24-17-7-3-5-13-4-1-2-6-16(13)17/h1-2,4,6,8-11,17,24H,3,5,7,12H2,(H,23,25). The number of rotatable bonds is 5. The minimum atomic E-state index is -4.51. The lowest BCUT2D eigenvalue weighted by atomic mass is 9.88. The van der Waals surface area contributed by atoms with E-state index in [1.54, 1.807) is 5.32 Å². The first-order valence-electron chi connectivity index (χ1n) is 8.71. The van der Waals surface area contributed by atoms with Gasteiger partial charge in [0.15, 0.2) is 0 Å². The van der Waals surface area contributed by atoms with Gasteiger partial charge in [0.2, 0.25) is 10.0 Å². The van der Waals surface area contributed by atoms with Crippen molar-refractivity contribution in [3.63, 3.8) is 0 Å². The Morgan fingerprint density at radius 1 is 1.07 bits per heavy atom. The molecule has 1 aliphatic carbocycles. The van der Waals surface area contributed by atoms with Gasteiger partial charge in [-0.3, -0.25) is 4.79 Å². The van der Waals surface area contributed by atoms with Gasteiger partial charge in [0.1, 0.15) is 6.54 Å². The third-order valence-corrected chi connectivity index (χ3v) is 6.03. The predicted molar refractivity (Wildman–Crippen MR) is 97.3 cm³/mol. The third-order valence-electron chi connectivity index (χ3n) is 4.54. The van der Waals surface area contributed by atoms with Gasteiger partial charge < -0.3 is 5.32 Å². The molecule has 0 aliphatic heterocycles. The smallest absolute Gasteiger partial charge is 0.343 e. The minimum absolute atomic E-state index is 0.0498. The maximum atomic E-state index is 12.7. The second kappa shape index (κ2) is 7.92. The van der Waals surface area contributed by atoms with Crippen molar-refractivity contribution in [1.29, 1.82) is 0 Å². The zero-order chi connectivity index (χ0) is 20.4. The lowest BCUT2D eigenvalue weighted by Crippen LogP contribution is -2.33. The maximum Gasteiger partial charge on any atom is 0.405 e. The average Bonchev–Trinajstić information content (AvgIpc) is 2.66. The molecule has 0 spiro atoms. The molecule has 1 unspecified atom stereocenters. The molecule has 0 aromatic heterocycles. The molecule has 3 rings (SSSR count). The van der Waals surface area contributed by atoms with Crippen LogP contribution in [0.5, 0.6) is 0 Å². The van der Waals surface area contributed by atoms with Crippen LogP contribution in [0.2, 0.25) is 0 Å². The van der Waals surface area contributed by atoms with E-state index in [1.165, 1.54) is 24.3 Å². The zero-order valence-corrected chi connectivity index (χ0v) is 15.6. The summed E-state index contributed by atoms with van der Waals surface area (Å²) < 4.78 is 64.6. The first-order chi connectivity index (χ1) is 13.2. The molecule has 0 radical (unpaired) electrons. The van der Waals surface area contributed by atoms with E-state index in [0.717, 1.165) is 24.0 Å². The first kappa shape index (κ1) is 20.3. The highest BCUT2D eigenvalue weighted by Crippen LogP contribution is 2.30. The number of sulfonamides is 1. The molecule has 1 amide bonds. The van der Waals surface area contributed by atoms with E-state index in [9.17, 15) is 26.4 Å². The number of hydrogen-bond donors (Lipinski definition) is 2. The number of hydrogen-bond acceptors (Lipinski definition) is 3. The summed E-state index contributed by atoms with van der Waals surface area (Å²) in [6.45, 7) is -1.45. The number of carbonyl (C=O) groups excluding carboxylic acids is 1. The summed E-state index contributed by atoms with van der Waals surface area (Å²) in [4.78, 5) is 11.7. The zero-order valence-electron chi connectivity index (χ0n) is 14.8. The number of halogens is 3. The minimum Gasteiger partial charge on any atom is -0.343 e. The van der Waals surface area contributed by atoms with Gasteiger partial charge in [0.05, 0.1) is 4.90 Å². The Morgan fingerprint density at radius 2 is 1.75 bits per heavy atom. The molecule has 9 heteroatoms. The predicted octanol–water partition coefficient (Wildman–Crippen LogP) is 3.33. The second-order valence-corrected chi connectivity index (χ2v) is 8.30. The molecule has 150 valence electrons. The van der Waals surface area contributed by atoms with Crippen LogP contribution >= 0.6 is 0 Å². The van der Waals surface area contributed by atoms with Gasteiger partial charge in [-0.25, -0.2) is 13.1 Å². The lowest BCUT2D eigenvalue weighted by molar-refractivity contribution is -0.123. The Hall–Kier alpha value is -2.39. The van der Waals surface area contributed by atoms with Gasteiger partial charge in [-0.2, -0.15) is 13.2 Å². The highest BCUT2D eigenvalue weighted by molar-refractivity contribution is 7.89. The van der Waals surface area contributed by atoms with Crippen molar-refractivity contribution >= 4 is 15.9 Å². The van der Waals surface area contributed by atoms with E-state index in [-0.39, 0.29) is 16.5 Å². The fourth-order valence-electron chi connectivity index (χ4n) is 3.20. The number of benzene rings is 2. The first-order valence-corrected chi connectivity index (χ1v) is 10.2. The average molecular weight is 412 g/mol. The highest BCUT2D eigenvalue weighted by atomic mass is 32.2. The summed E-state index contributed by atoms with van der Waals surface area (Å²) in [5.74, 6) is -0.921. The molecule has 1 atom stereocenters. The van der Waals surface area contributed by atoms with Crippen LogP contribution in [-0.4, -0.2) is 27.0 Å². The summed E-state index contributed by atoms with van der Waals surface area (Å²) in [6, 6.07) is 12.1. The molecule has 0 saturated carbocycles. The van der Waals surface area contributed by atoms with Gasteiger partial charge in [-0.05, 0) is 54.7 Å². The monoisotopic (exact) mass is 412 g/mol. The highest BCUT2D eigenvalue weighted by Gasteiger charge is 2.28. The lowest BCUT2D eigenvalue weighted by Gasteiger charge is -2.26. The van der Waals surface area contributed by atoms with E-state index in [2.05, 4.69) is 4.72 Å². The Labute approximate surface area is 161 Å². The molecule has 2 aromatic rings. The molecule has 0 saturated heterocycles. The van der Waals surface area contributed by atoms with Crippen molar-refractivity contribution in [1.82, 2.24) is 10.0 Å². The SMILES string of the molecule is O=C(NCC(F)(F)F)c1ccc(S(=O)(=O)NC2CCCc3ccccc32)cc1. The quantitative estimate of drug-likeness (QED) is 0.791. The third kappa shape index (κ3) is 4.90. The van der Waals surface area contributed by atoms with Crippen molar-refractivity contribution in [2.45, 2.75) is 36.4 Å². The topological polar surface area (TPSA) is 75.3 Å². The van der Waals surface area contributed by atoms with Gasteiger partial charge >= 0.3 is 6.18 Å². The number of nitrogens with one attached hydrogen (secondary N) is 2. The summed E-state index contributed by atoms with van der Waals surface area (Å²) in [6.07, 6.45) is -2.08. The van der Waals surface area contributed by atoms with Gasteiger partial charge in [-0.1, -0.05) is 24.3 Å². The van der Waals surface area contributed by atoms with Gasteiger partial charge in [0.25, 0.3) is 5.91 Å². The van der Waals surface area contributed by atoms with Crippen molar-refractivity contribution < 1.29 is 26.4 Å². The van der Waals surface area contributed by atoms with Crippen molar-refractivity contribution in [2.24, 2.45) is 0 Å². The van der Waals surface area contributed by atoms with Crippen molar-refractivity contribution in [3.05, 3.63) is 65.2 Å². The van der Waals surface area contributed by atoms with Crippen LogP contribution in [0.1, 0.15) is 40.4 Å². The van der Waals surface area contributed by atoms with Crippen LogP contribution in [-0.2, 0) is 16.4 Å². The molecule has 2 aromatic carbocycles. The van der Waals surface area contributed by atoms with Gasteiger partial charge in [-0.15, -0.1) is 0 Å². The normalized spacial score (nSPS) is 17.0. The van der Waals surface area contributed by atoms with E-state index in [1.807, 2.05) is 24.3 Å². The molecular formula is C19H19F3N2O3S. The summed E-state index contributed by atoms with van der Waals surface area (Å²) in [7, 11) is -3.84. The largest absolute Gasteiger partial charge is 0.405 e. The molecular weight excluding hydrogens is 393 g/mol. The fraction of sp³-hybridized carbons (Fsp3) is 0.316. The molecule has 0 bridgehead atoms. The molecule has 0 heterocycles. The summed E-state index contributed by atoms with van der Waals surface area (Å²) in [5, 5.41) is 1.74. The van der Waals surface area contributed by atoms with Crippen LogP contribution in [0.25, 0.3) is 0 Å². The van der Waals surface area contributed by atoms with Crippen molar-refractivity contribution in [3.8, 4) is 0 Å². The van der Waals surface area contributed by atoms with E-state index in [4.69, 9.17) is 0 Å². The number of aryl methyl sites for hydroxylation is 1.